The summed E-state index contributed by atoms with van der Waals surface area (Å²) >= 11 is 0. The van der Waals surface area contributed by atoms with Gasteiger partial charge in [0.15, 0.2) is 0 Å². The highest BCUT2D eigenvalue weighted by Gasteiger charge is 2.21. The van der Waals surface area contributed by atoms with Crippen molar-refractivity contribution in [1.29, 1.82) is 0 Å². The third-order valence-electron chi connectivity index (χ3n) is 3.05. The van der Waals surface area contributed by atoms with Crippen LogP contribution < -0.4 is 15.4 Å². The molecule has 0 aromatic heterocycles. The van der Waals surface area contributed by atoms with Crippen molar-refractivity contribution in [3.63, 3.8) is 0 Å². The van der Waals surface area contributed by atoms with Gasteiger partial charge in [0.05, 0.1) is 12.6 Å². The van der Waals surface area contributed by atoms with Crippen LogP contribution >= 0.6 is 0 Å². The molecule has 1 atom stereocenters. The topological polar surface area (TPSA) is 59.6 Å². The SMILES string of the molecule is COCCOc1ccc(NC(=O)[C@H]2CCCN2)cc1. The first kappa shape index (κ1) is 13.8. The Kier molecular flexibility index (Phi) is 5.18. The molecular formula is C14H20N2O3. The van der Waals surface area contributed by atoms with E-state index in [9.17, 15) is 4.79 Å². The van der Waals surface area contributed by atoms with Gasteiger partial charge < -0.3 is 20.1 Å². The van der Waals surface area contributed by atoms with Gasteiger partial charge in [-0.3, -0.25) is 4.79 Å². The summed E-state index contributed by atoms with van der Waals surface area (Å²) in [5, 5.41) is 6.07. The van der Waals surface area contributed by atoms with Crippen LogP contribution in [0.2, 0.25) is 0 Å². The standard InChI is InChI=1S/C14H20N2O3/c1-18-9-10-19-12-6-4-11(5-7-12)16-14(17)13-3-2-8-15-13/h4-7,13,15H,2-3,8-10H2,1H3,(H,16,17)/t13-/m1/s1. The number of amides is 1. The molecular weight excluding hydrogens is 244 g/mol. The number of carbonyl (C=O) groups is 1. The minimum absolute atomic E-state index is 0.0329. The molecule has 0 bridgehead atoms. The molecule has 104 valence electrons. The smallest absolute Gasteiger partial charge is 0.241 e. The normalized spacial score (nSPS) is 18.3. The average molecular weight is 264 g/mol. The Balaban J connectivity index is 1.82. The van der Waals surface area contributed by atoms with E-state index in [1.54, 1.807) is 7.11 Å². The lowest BCUT2D eigenvalue weighted by Crippen LogP contribution is -2.35. The van der Waals surface area contributed by atoms with Crippen molar-refractivity contribution in [2.24, 2.45) is 0 Å². The predicted molar refractivity (Wildman–Crippen MR) is 73.5 cm³/mol. The number of hydrogen-bond donors (Lipinski definition) is 2. The van der Waals surface area contributed by atoms with Crippen molar-refractivity contribution in [1.82, 2.24) is 5.32 Å². The maximum absolute atomic E-state index is 11.9. The van der Waals surface area contributed by atoms with E-state index in [0.717, 1.165) is 30.8 Å². The van der Waals surface area contributed by atoms with Crippen LogP contribution in [0.1, 0.15) is 12.8 Å². The number of hydrogen-bond acceptors (Lipinski definition) is 4. The monoisotopic (exact) mass is 264 g/mol. The average Bonchev–Trinajstić information content (AvgIpc) is 2.95. The summed E-state index contributed by atoms with van der Waals surface area (Å²) in [4.78, 5) is 11.9. The lowest BCUT2D eigenvalue weighted by atomic mass is 10.2. The molecule has 5 heteroatoms. The van der Waals surface area contributed by atoms with Crippen molar-refractivity contribution in [3.8, 4) is 5.75 Å². The van der Waals surface area contributed by atoms with Gasteiger partial charge in [-0.2, -0.15) is 0 Å². The number of benzene rings is 1. The van der Waals surface area contributed by atoms with Crippen LogP contribution in [0.4, 0.5) is 5.69 Å². The molecule has 19 heavy (non-hydrogen) atoms. The summed E-state index contributed by atoms with van der Waals surface area (Å²) in [7, 11) is 1.64. The molecule has 2 rings (SSSR count). The zero-order valence-electron chi connectivity index (χ0n) is 11.1. The van der Waals surface area contributed by atoms with E-state index in [2.05, 4.69) is 10.6 Å². The number of rotatable bonds is 6. The summed E-state index contributed by atoms with van der Waals surface area (Å²) in [6.45, 7) is 2.00. The van der Waals surface area contributed by atoms with Gasteiger partial charge in [0.2, 0.25) is 5.91 Å². The minimum Gasteiger partial charge on any atom is -0.491 e. The fourth-order valence-electron chi connectivity index (χ4n) is 2.02. The van der Waals surface area contributed by atoms with E-state index in [-0.39, 0.29) is 11.9 Å². The van der Waals surface area contributed by atoms with E-state index in [1.165, 1.54) is 0 Å². The molecule has 1 aromatic rings. The molecule has 1 aromatic carbocycles. The zero-order valence-corrected chi connectivity index (χ0v) is 11.1. The second-order valence-corrected chi connectivity index (χ2v) is 4.50. The van der Waals surface area contributed by atoms with Crippen molar-refractivity contribution in [3.05, 3.63) is 24.3 Å². The van der Waals surface area contributed by atoms with Gasteiger partial charge in [0.1, 0.15) is 12.4 Å². The summed E-state index contributed by atoms with van der Waals surface area (Å²) in [5.41, 5.74) is 0.790. The highest BCUT2D eigenvalue weighted by molar-refractivity contribution is 5.95. The van der Waals surface area contributed by atoms with E-state index < -0.39 is 0 Å². The Morgan fingerprint density at radius 3 is 2.79 bits per heavy atom. The van der Waals surface area contributed by atoms with Crippen LogP contribution in [0.3, 0.4) is 0 Å². The molecule has 5 nitrogen and oxygen atoms in total. The molecule has 1 amide bonds. The third kappa shape index (κ3) is 4.22. The molecule has 1 saturated heterocycles. The second-order valence-electron chi connectivity index (χ2n) is 4.50. The summed E-state index contributed by atoms with van der Waals surface area (Å²) in [6, 6.07) is 7.31. The van der Waals surface area contributed by atoms with Crippen molar-refractivity contribution < 1.29 is 14.3 Å². The zero-order chi connectivity index (χ0) is 13.5. The summed E-state index contributed by atoms with van der Waals surface area (Å²) < 4.78 is 10.4. The molecule has 2 N–H and O–H groups in total. The Morgan fingerprint density at radius 1 is 1.37 bits per heavy atom. The Hall–Kier alpha value is -1.59. The van der Waals surface area contributed by atoms with Gasteiger partial charge in [-0.25, -0.2) is 0 Å². The van der Waals surface area contributed by atoms with Gasteiger partial charge >= 0.3 is 0 Å². The molecule has 0 spiro atoms. The number of carbonyl (C=O) groups excluding carboxylic acids is 1. The highest BCUT2D eigenvalue weighted by atomic mass is 16.5. The molecule has 0 unspecified atom stereocenters. The number of nitrogens with one attached hydrogen (secondary N) is 2. The molecule has 1 fully saturated rings. The van der Waals surface area contributed by atoms with Crippen molar-refractivity contribution in [2.75, 3.05) is 32.2 Å². The van der Waals surface area contributed by atoms with Crippen LogP contribution in [0.25, 0.3) is 0 Å². The Bertz CT molecular complexity index is 400. The van der Waals surface area contributed by atoms with Crippen LogP contribution in [0.5, 0.6) is 5.75 Å². The van der Waals surface area contributed by atoms with Crippen LogP contribution in [-0.4, -0.2) is 38.8 Å². The van der Waals surface area contributed by atoms with E-state index in [4.69, 9.17) is 9.47 Å². The molecule has 1 aliphatic rings. The van der Waals surface area contributed by atoms with E-state index >= 15 is 0 Å². The minimum atomic E-state index is -0.0578. The van der Waals surface area contributed by atoms with Crippen LogP contribution in [-0.2, 0) is 9.53 Å². The third-order valence-corrected chi connectivity index (χ3v) is 3.05. The van der Waals surface area contributed by atoms with Gasteiger partial charge in [0.25, 0.3) is 0 Å². The lowest BCUT2D eigenvalue weighted by Gasteiger charge is -2.11. The van der Waals surface area contributed by atoms with Crippen molar-refractivity contribution in [2.45, 2.75) is 18.9 Å². The van der Waals surface area contributed by atoms with Crippen LogP contribution in [0, 0.1) is 0 Å². The number of anilines is 1. The fourth-order valence-corrected chi connectivity index (χ4v) is 2.02. The molecule has 1 aliphatic heterocycles. The van der Waals surface area contributed by atoms with Gasteiger partial charge in [-0.15, -0.1) is 0 Å². The quantitative estimate of drug-likeness (QED) is 0.763. The van der Waals surface area contributed by atoms with Gasteiger partial charge in [-0.1, -0.05) is 0 Å². The second kappa shape index (κ2) is 7.11. The summed E-state index contributed by atoms with van der Waals surface area (Å²) in [5.74, 6) is 0.805. The maximum Gasteiger partial charge on any atom is 0.241 e. The van der Waals surface area contributed by atoms with E-state index in [1.807, 2.05) is 24.3 Å². The summed E-state index contributed by atoms with van der Waals surface area (Å²) in [6.07, 6.45) is 1.97. The Labute approximate surface area is 113 Å². The fraction of sp³-hybridized carbons (Fsp3) is 0.500. The van der Waals surface area contributed by atoms with Crippen LogP contribution in [0.15, 0.2) is 24.3 Å². The molecule has 0 aliphatic carbocycles. The maximum atomic E-state index is 11.9. The number of methoxy groups -OCH3 is 1. The first-order chi connectivity index (χ1) is 9.29. The van der Waals surface area contributed by atoms with Gasteiger partial charge in [0, 0.05) is 12.8 Å². The highest BCUT2D eigenvalue weighted by Crippen LogP contribution is 2.16. The molecule has 0 saturated carbocycles. The first-order valence-electron chi connectivity index (χ1n) is 6.55. The lowest BCUT2D eigenvalue weighted by molar-refractivity contribution is -0.117. The largest absolute Gasteiger partial charge is 0.491 e. The van der Waals surface area contributed by atoms with Gasteiger partial charge in [-0.05, 0) is 43.7 Å². The molecule has 1 heterocycles. The predicted octanol–water partition coefficient (Wildman–Crippen LogP) is 1.40. The van der Waals surface area contributed by atoms with Crippen molar-refractivity contribution >= 4 is 11.6 Å². The number of ether oxygens (including phenoxy) is 2. The molecule has 0 radical (unpaired) electrons. The Morgan fingerprint density at radius 2 is 2.16 bits per heavy atom. The first-order valence-corrected chi connectivity index (χ1v) is 6.55. The van der Waals surface area contributed by atoms with E-state index in [0.29, 0.717) is 13.2 Å².